The summed E-state index contributed by atoms with van der Waals surface area (Å²) in [5.74, 6) is 0.780. The van der Waals surface area contributed by atoms with Gasteiger partial charge in [-0.3, -0.25) is 0 Å². The molecule has 0 amide bonds. The maximum Gasteiger partial charge on any atom is 0.279 e. The van der Waals surface area contributed by atoms with Crippen LogP contribution >= 0.6 is 0 Å². The Hall–Kier alpha value is -0.170. The minimum Gasteiger partial charge on any atom is -0.329 e. The van der Waals surface area contributed by atoms with Crippen molar-refractivity contribution in [2.75, 3.05) is 19.6 Å². The molecule has 3 fully saturated rings. The van der Waals surface area contributed by atoms with Crippen molar-refractivity contribution in [2.45, 2.75) is 51.0 Å². The van der Waals surface area contributed by atoms with Crippen molar-refractivity contribution in [2.24, 2.45) is 17.1 Å². The maximum atomic E-state index is 12.4. The van der Waals surface area contributed by atoms with Crippen LogP contribution in [0.5, 0.6) is 0 Å². The molecule has 0 aromatic heterocycles. The number of rotatable bonds is 6. The van der Waals surface area contributed by atoms with Crippen molar-refractivity contribution in [3.05, 3.63) is 0 Å². The standard InChI is InChI=1S/C13H25N3O2S/c14-9-12-3-1-2-8-16(12)19(17,18)15-10-13(6-7-13)11-4-5-11/h11-12,15H,1-10,14H2. The molecule has 3 aliphatic rings. The smallest absolute Gasteiger partial charge is 0.279 e. The Kier molecular flexibility index (Phi) is 3.62. The molecule has 0 radical (unpaired) electrons. The van der Waals surface area contributed by atoms with Crippen molar-refractivity contribution in [3.63, 3.8) is 0 Å². The summed E-state index contributed by atoms with van der Waals surface area (Å²) in [6.07, 6.45) is 7.89. The van der Waals surface area contributed by atoms with E-state index in [4.69, 9.17) is 5.73 Å². The van der Waals surface area contributed by atoms with Crippen molar-refractivity contribution < 1.29 is 8.42 Å². The molecule has 6 heteroatoms. The van der Waals surface area contributed by atoms with Gasteiger partial charge in [-0.15, -0.1) is 0 Å². The van der Waals surface area contributed by atoms with Crippen LogP contribution in [-0.4, -0.2) is 38.4 Å². The predicted molar refractivity (Wildman–Crippen MR) is 74.7 cm³/mol. The fourth-order valence-electron chi connectivity index (χ4n) is 3.43. The highest BCUT2D eigenvalue weighted by molar-refractivity contribution is 7.87. The second-order valence-electron chi connectivity index (χ2n) is 6.46. The van der Waals surface area contributed by atoms with E-state index >= 15 is 0 Å². The normalized spacial score (nSPS) is 31.3. The first-order valence-corrected chi connectivity index (χ1v) is 8.98. The lowest BCUT2D eigenvalue weighted by atomic mass is 10.0. The fraction of sp³-hybridized carbons (Fsp3) is 1.00. The molecule has 1 atom stereocenters. The molecule has 1 aliphatic heterocycles. The summed E-state index contributed by atoms with van der Waals surface area (Å²) in [4.78, 5) is 0. The third kappa shape index (κ3) is 2.82. The second kappa shape index (κ2) is 4.98. The Morgan fingerprint density at radius 2 is 1.95 bits per heavy atom. The van der Waals surface area contributed by atoms with Gasteiger partial charge in [0, 0.05) is 25.7 Å². The number of nitrogens with one attached hydrogen (secondary N) is 1. The molecule has 5 nitrogen and oxygen atoms in total. The lowest BCUT2D eigenvalue weighted by Gasteiger charge is -2.34. The highest BCUT2D eigenvalue weighted by atomic mass is 32.2. The summed E-state index contributed by atoms with van der Waals surface area (Å²) in [6.45, 7) is 1.68. The Bertz CT molecular complexity index is 429. The van der Waals surface area contributed by atoms with E-state index in [2.05, 4.69) is 4.72 Å². The summed E-state index contributed by atoms with van der Waals surface area (Å²) in [6, 6.07) is -0.0117. The van der Waals surface area contributed by atoms with E-state index in [1.165, 1.54) is 25.7 Å². The molecule has 2 aliphatic carbocycles. The molecule has 1 unspecified atom stereocenters. The first-order chi connectivity index (χ1) is 9.07. The molecule has 0 spiro atoms. The number of nitrogens with zero attached hydrogens (tertiary/aromatic N) is 1. The maximum absolute atomic E-state index is 12.4. The van der Waals surface area contributed by atoms with Crippen LogP contribution in [0.2, 0.25) is 0 Å². The quantitative estimate of drug-likeness (QED) is 0.759. The van der Waals surface area contributed by atoms with Gasteiger partial charge in [0.05, 0.1) is 0 Å². The predicted octanol–water partition coefficient (Wildman–Crippen LogP) is 0.824. The van der Waals surface area contributed by atoms with E-state index in [0.717, 1.165) is 25.2 Å². The van der Waals surface area contributed by atoms with Crippen molar-refractivity contribution in [3.8, 4) is 0 Å². The van der Waals surface area contributed by atoms with E-state index in [0.29, 0.717) is 25.0 Å². The third-order valence-corrected chi connectivity index (χ3v) is 6.70. The lowest BCUT2D eigenvalue weighted by Crippen LogP contribution is -2.52. The fourth-order valence-corrected chi connectivity index (χ4v) is 5.02. The van der Waals surface area contributed by atoms with Crippen LogP contribution in [0.4, 0.5) is 0 Å². The third-order valence-electron chi connectivity index (χ3n) is 5.10. The number of piperidine rings is 1. The van der Waals surface area contributed by atoms with Crippen LogP contribution < -0.4 is 10.5 Å². The molecule has 2 saturated carbocycles. The summed E-state index contributed by atoms with van der Waals surface area (Å²) in [7, 11) is -3.34. The van der Waals surface area contributed by atoms with Crippen LogP contribution in [-0.2, 0) is 10.2 Å². The summed E-state index contributed by atoms with van der Waals surface area (Å²) in [5.41, 5.74) is 6.02. The minimum atomic E-state index is -3.34. The van der Waals surface area contributed by atoms with Gasteiger partial charge in [-0.25, -0.2) is 4.72 Å². The molecule has 19 heavy (non-hydrogen) atoms. The molecular formula is C13H25N3O2S. The lowest BCUT2D eigenvalue weighted by molar-refractivity contribution is 0.253. The van der Waals surface area contributed by atoms with Gasteiger partial charge in [0.15, 0.2) is 0 Å². The average molecular weight is 287 g/mol. The Morgan fingerprint density at radius 1 is 1.21 bits per heavy atom. The van der Waals surface area contributed by atoms with Crippen LogP contribution in [0, 0.1) is 11.3 Å². The number of hydrogen-bond acceptors (Lipinski definition) is 3. The van der Waals surface area contributed by atoms with Crippen molar-refractivity contribution in [1.82, 2.24) is 9.03 Å². The Morgan fingerprint density at radius 3 is 2.53 bits per heavy atom. The van der Waals surface area contributed by atoms with Gasteiger partial charge in [0.25, 0.3) is 10.2 Å². The molecular weight excluding hydrogens is 262 g/mol. The summed E-state index contributed by atoms with van der Waals surface area (Å²) < 4.78 is 29.3. The highest BCUT2D eigenvalue weighted by Crippen LogP contribution is 2.60. The monoisotopic (exact) mass is 287 g/mol. The van der Waals surface area contributed by atoms with E-state index in [-0.39, 0.29) is 6.04 Å². The van der Waals surface area contributed by atoms with E-state index in [9.17, 15) is 8.42 Å². The van der Waals surface area contributed by atoms with Crippen LogP contribution in [0.15, 0.2) is 0 Å². The molecule has 0 bridgehead atoms. The molecule has 3 rings (SSSR count). The number of nitrogens with two attached hydrogens (primary N) is 1. The first kappa shape index (κ1) is 13.8. The van der Waals surface area contributed by atoms with Crippen molar-refractivity contribution in [1.29, 1.82) is 0 Å². The molecule has 1 saturated heterocycles. The van der Waals surface area contributed by atoms with E-state index in [1.54, 1.807) is 4.31 Å². The SMILES string of the molecule is NCC1CCCCN1S(=O)(=O)NCC1(C2CC2)CC1. The summed E-state index contributed by atoms with van der Waals surface area (Å²) in [5, 5.41) is 0. The van der Waals surface area contributed by atoms with Crippen LogP contribution in [0.3, 0.4) is 0 Å². The molecule has 110 valence electrons. The van der Waals surface area contributed by atoms with Gasteiger partial charge < -0.3 is 5.73 Å². The van der Waals surface area contributed by atoms with E-state index in [1.807, 2.05) is 0 Å². The zero-order chi connectivity index (χ0) is 13.5. The zero-order valence-corrected chi connectivity index (χ0v) is 12.3. The van der Waals surface area contributed by atoms with Crippen LogP contribution in [0.25, 0.3) is 0 Å². The van der Waals surface area contributed by atoms with Crippen LogP contribution in [0.1, 0.15) is 44.9 Å². The zero-order valence-electron chi connectivity index (χ0n) is 11.5. The second-order valence-corrected chi connectivity index (χ2v) is 8.17. The largest absolute Gasteiger partial charge is 0.329 e. The van der Waals surface area contributed by atoms with Crippen molar-refractivity contribution >= 4 is 10.2 Å². The topological polar surface area (TPSA) is 75.4 Å². The van der Waals surface area contributed by atoms with Gasteiger partial charge in [0.1, 0.15) is 0 Å². The van der Waals surface area contributed by atoms with Gasteiger partial charge >= 0.3 is 0 Å². The summed E-state index contributed by atoms with van der Waals surface area (Å²) >= 11 is 0. The van der Waals surface area contributed by atoms with Gasteiger partial charge in [-0.1, -0.05) is 6.42 Å². The Labute approximate surface area is 116 Å². The van der Waals surface area contributed by atoms with Gasteiger partial charge in [-0.05, 0) is 49.9 Å². The molecule has 0 aromatic rings. The Balaban J connectivity index is 1.61. The highest BCUT2D eigenvalue weighted by Gasteiger charge is 2.54. The van der Waals surface area contributed by atoms with Gasteiger partial charge in [-0.2, -0.15) is 12.7 Å². The minimum absolute atomic E-state index is 0.0117. The van der Waals surface area contributed by atoms with E-state index < -0.39 is 10.2 Å². The van der Waals surface area contributed by atoms with Gasteiger partial charge in [0.2, 0.25) is 0 Å². The molecule has 3 N–H and O–H groups in total. The average Bonchev–Trinajstić information content (AvgIpc) is 3.28. The first-order valence-electron chi connectivity index (χ1n) is 7.54. The molecule has 1 heterocycles. The number of hydrogen-bond donors (Lipinski definition) is 2. The molecule has 0 aromatic carbocycles.